The summed E-state index contributed by atoms with van der Waals surface area (Å²) in [6.07, 6.45) is 0.729. The molecule has 1 N–H and O–H groups in total. The number of nitrogens with one attached hydrogen (secondary N) is 1. The van der Waals surface area contributed by atoms with Crippen LogP contribution in [0.15, 0.2) is 36.4 Å². The van der Waals surface area contributed by atoms with Crippen LogP contribution in [0.3, 0.4) is 0 Å². The molecule has 3 rings (SSSR count). The number of amides is 2. The van der Waals surface area contributed by atoms with Gasteiger partial charge in [-0.1, -0.05) is 32.9 Å². The van der Waals surface area contributed by atoms with Crippen molar-refractivity contribution in [3.63, 3.8) is 0 Å². The maximum Gasteiger partial charge on any atom is 0.321 e. The molecule has 1 aliphatic heterocycles. The number of benzene rings is 1. The summed E-state index contributed by atoms with van der Waals surface area (Å²) >= 11 is 0. The summed E-state index contributed by atoms with van der Waals surface area (Å²) < 4.78 is 5.82. The maximum absolute atomic E-state index is 12.5. The van der Waals surface area contributed by atoms with E-state index >= 15 is 0 Å². The van der Waals surface area contributed by atoms with Crippen molar-refractivity contribution in [3.8, 4) is 5.88 Å². The topological polar surface area (TPSA) is 67.3 Å². The fraction of sp³-hybridized carbons (Fsp3) is 0.450. The molecule has 1 fully saturated rings. The van der Waals surface area contributed by atoms with Gasteiger partial charge in [0.2, 0.25) is 5.88 Å². The van der Waals surface area contributed by atoms with Crippen molar-refractivity contribution in [1.82, 2.24) is 15.1 Å². The standard InChI is InChI=1S/C20H26N4O2/c1-14-5-10-18(23-22-14)26-17-11-12-24(13-17)19(25)21-16-8-6-15(7-9-16)20(2,3)4/h5-10,17H,11-13H2,1-4H3,(H,21,25). The van der Waals surface area contributed by atoms with Gasteiger partial charge in [-0.05, 0) is 36.1 Å². The Balaban J connectivity index is 1.53. The van der Waals surface area contributed by atoms with E-state index in [0.29, 0.717) is 19.0 Å². The third-order valence-electron chi connectivity index (χ3n) is 4.50. The van der Waals surface area contributed by atoms with E-state index in [4.69, 9.17) is 4.74 Å². The molecule has 6 nitrogen and oxygen atoms in total. The molecule has 1 saturated heterocycles. The highest BCUT2D eigenvalue weighted by molar-refractivity contribution is 5.89. The minimum absolute atomic E-state index is 0.0546. The first-order valence-electron chi connectivity index (χ1n) is 8.95. The van der Waals surface area contributed by atoms with Crippen LogP contribution in [0.25, 0.3) is 0 Å². The number of aryl methyl sites for hydroxylation is 1. The molecular formula is C20H26N4O2. The van der Waals surface area contributed by atoms with Crippen molar-refractivity contribution in [2.45, 2.75) is 45.6 Å². The summed E-state index contributed by atoms with van der Waals surface area (Å²) in [5.74, 6) is 0.501. The largest absolute Gasteiger partial charge is 0.471 e. The van der Waals surface area contributed by atoms with Crippen molar-refractivity contribution >= 4 is 11.7 Å². The number of nitrogens with zero attached hydrogens (tertiary/aromatic N) is 3. The molecule has 1 unspecified atom stereocenters. The van der Waals surface area contributed by atoms with Gasteiger partial charge < -0.3 is 15.0 Å². The maximum atomic E-state index is 12.5. The third-order valence-corrected chi connectivity index (χ3v) is 4.50. The van der Waals surface area contributed by atoms with Gasteiger partial charge in [0.05, 0.1) is 12.2 Å². The molecule has 2 amide bonds. The van der Waals surface area contributed by atoms with Crippen LogP contribution >= 0.6 is 0 Å². The summed E-state index contributed by atoms with van der Waals surface area (Å²) in [5.41, 5.74) is 2.99. The average Bonchev–Trinajstić information content (AvgIpc) is 3.05. The molecule has 0 spiro atoms. The molecule has 0 radical (unpaired) electrons. The van der Waals surface area contributed by atoms with Crippen LogP contribution in [-0.4, -0.2) is 40.3 Å². The van der Waals surface area contributed by atoms with Crippen molar-refractivity contribution in [1.29, 1.82) is 0 Å². The summed E-state index contributed by atoms with van der Waals surface area (Å²) in [4.78, 5) is 14.2. The summed E-state index contributed by atoms with van der Waals surface area (Å²) in [6.45, 7) is 9.60. The summed E-state index contributed by atoms with van der Waals surface area (Å²) in [6, 6.07) is 11.6. The second-order valence-corrected chi connectivity index (χ2v) is 7.75. The molecule has 1 aromatic carbocycles. The Morgan fingerprint density at radius 2 is 1.88 bits per heavy atom. The number of hydrogen-bond acceptors (Lipinski definition) is 4. The number of ether oxygens (including phenoxy) is 1. The normalized spacial score (nSPS) is 17.2. The third kappa shape index (κ3) is 4.50. The Morgan fingerprint density at radius 1 is 1.15 bits per heavy atom. The molecule has 2 aromatic rings. The fourth-order valence-electron chi connectivity index (χ4n) is 2.89. The number of carbonyl (C=O) groups is 1. The van der Waals surface area contributed by atoms with Gasteiger partial charge in [0.1, 0.15) is 6.10 Å². The highest BCUT2D eigenvalue weighted by Crippen LogP contribution is 2.24. The molecule has 0 bridgehead atoms. The smallest absolute Gasteiger partial charge is 0.321 e. The monoisotopic (exact) mass is 354 g/mol. The van der Waals surface area contributed by atoms with E-state index in [0.717, 1.165) is 17.8 Å². The van der Waals surface area contributed by atoms with Crippen LogP contribution in [0.4, 0.5) is 10.5 Å². The number of rotatable bonds is 3. The zero-order valence-electron chi connectivity index (χ0n) is 15.8. The van der Waals surface area contributed by atoms with Crippen molar-refractivity contribution in [2.75, 3.05) is 18.4 Å². The van der Waals surface area contributed by atoms with E-state index in [2.05, 4.69) is 48.4 Å². The van der Waals surface area contributed by atoms with E-state index in [1.54, 1.807) is 4.90 Å². The first-order chi connectivity index (χ1) is 12.3. The van der Waals surface area contributed by atoms with Gasteiger partial charge in [-0.15, -0.1) is 5.10 Å². The first kappa shape index (κ1) is 18.2. The van der Waals surface area contributed by atoms with E-state index in [-0.39, 0.29) is 17.6 Å². The molecule has 6 heteroatoms. The van der Waals surface area contributed by atoms with Crippen LogP contribution in [0.2, 0.25) is 0 Å². The Morgan fingerprint density at radius 3 is 2.50 bits per heavy atom. The van der Waals surface area contributed by atoms with Gasteiger partial charge in [0.25, 0.3) is 0 Å². The predicted octanol–water partition coefficient (Wildman–Crippen LogP) is 3.77. The van der Waals surface area contributed by atoms with Crippen LogP contribution < -0.4 is 10.1 Å². The van der Waals surface area contributed by atoms with Crippen molar-refractivity contribution < 1.29 is 9.53 Å². The summed E-state index contributed by atoms with van der Waals surface area (Å²) in [5, 5.41) is 11.0. The van der Waals surface area contributed by atoms with Crippen molar-refractivity contribution in [2.24, 2.45) is 0 Å². The average molecular weight is 354 g/mol. The fourth-order valence-corrected chi connectivity index (χ4v) is 2.89. The molecule has 1 atom stereocenters. The number of anilines is 1. The van der Waals surface area contributed by atoms with Crippen molar-refractivity contribution in [3.05, 3.63) is 47.7 Å². The molecule has 2 heterocycles. The molecule has 1 aromatic heterocycles. The number of carbonyl (C=O) groups excluding carboxylic acids is 1. The Kier molecular flexibility index (Phi) is 5.11. The Bertz CT molecular complexity index is 751. The van der Waals surface area contributed by atoms with Crippen LogP contribution in [0.5, 0.6) is 5.88 Å². The van der Waals surface area contributed by atoms with Gasteiger partial charge in [-0.2, -0.15) is 5.10 Å². The highest BCUT2D eigenvalue weighted by atomic mass is 16.5. The van der Waals surface area contributed by atoms with Gasteiger partial charge in [0.15, 0.2) is 0 Å². The second kappa shape index (κ2) is 7.32. The molecule has 1 aliphatic rings. The quantitative estimate of drug-likeness (QED) is 0.911. The van der Waals surface area contributed by atoms with E-state index in [1.807, 2.05) is 31.2 Å². The van der Waals surface area contributed by atoms with Crippen LogP contribution in [0, 0.1) is 6.92 Å². The second-order valence-electron chi connectivity index (χ2n) is 7.75. The van der Waals surface area contributed by atoms with Gasteiger partial charge >= 0.3 is 6.03 Å². The minimum Gasteiger partial charge on any atom is -0.471 e. The molecule has 138 valence electrons. The number of aromatic nitrogens is 2. The lowest BCUT2D eigenvalue weighted by Crippen LogP contribution is -2.34. The van der Waals surface area contributed by atoms with Gasteiger partial charge in [-0.25, -0.2) is 4.79 Å². The number of likely N-dealkylation sites (tertiary alicyclic amines) is 1. The lowest BCUT2D eigenvalue weighted by molar-refractivity contribution is 0.188. The summed E-state index contributed by atoms with van der Waals surface area (Å²) in [7, 11) is 0. The van der Waals surface area contributed by atoms with Gasteiger partial charge in [0, 0.05) is 24.7 Å². The molecule has 0 aliphatic carbocycles. The molecular weight excluding hydrogens is 328 g/mol. The predicted molar refractivity (Wildman–Crippen MR) is 102 cm³/mol. The lowest BCUT2D eigenvalue weighted by atomic mass is 9.87. The molecule has 0 saturated carbocycles. The molecule has 26 heavy (non-hydrogen) atoms. The van der Waals surface area contributed by atoms with Crippen LogP contribution in [0.1, 0.15) is 38.4 Å². The highest BCUT2D eigenvalue weighted by Gasteiger charge is 2.28. The number of hydrogen-bond donors (Lipinski definition) is 1. The lowest BCUT2D eigenvalue weighted by Gasteiger charge is -2.20. The minimum atomic E-state index is -0.102. The zero-order chi connectivity index (χ0) is 18.7. The van der Waals surface area contributed by atoms with E-state index in [1.165, 1.54) is 5.56 Å². The van der Waals surface area contributed by atoms with E-state index < -0.39 is 0 Å². The first-order valence-corrected chi connectivity index (χ1v) is 8.95. The van der Waals surface area contributed by atoms with Gasteiger partial charge in [-0.3, -0.25) is 0 Å². The Labute approximate surface area is 154 Å². The Hall–Kier alpha value is -2.63. The SMILES string of the molecule is Cc1ccc(OC2CCN(C(=O)Nc3ccc(C(C)(C)C)cc3)C2)nn1. The van der Waals surface area contributed by atoms with E-state index in [9.17, 15) is 4.79 Å². The zero-order valence-corrected chi connectivity index (χ0v) is 15.8. The van der Waals surface area contributed by atoms with Crippen LogP contribution in [-0.2, 0) is 5.41 Å². The number of urea groups is 1.